The van der Waals surface area contributed by atoms with Crippen LogP contribution in [0.5, 0.6) is 0 Å². The van der Waals surface area contributed by atoms with E-state index in [2.05, 4.69) is 34.5 Å². The summed E-state index contributed by atoms with van der Waals surface area (Å²) in [5.74, 6) is 0. The Morgan fingerprint density at radius 2 is 1.77 bits per heavy atom. The Hall–Kier alpha value is -1.71. The first-order valence-electron chi connectivity index (χ1n) is 8.25. The zero-order valence-electron chi connectivity index (χ0n) is 14.0. The van der Waals surface area contributed by atoms with Crippen LogP contribution in [0.15, 0.2) is 24.3 Å². The van der Waals surface area contributed by atoms with Crippen LogP contribution in [0, 0.1) is 0 Å². The Balaban J connectivity index is 1.75. The van der Waals surface area contributed by atoms with Crippen molar-refractivity contribution < 1.29 is 9.53 Å². The number of nitrogens with zero attached hydrogens (tertiary/aromatic N) is 1. The number of carbonyl (C=O) groups excluding carboxylic acids is 1. The van der Waals surface area contributed by atoms with E-state index in [0.717, 1.165) is 6.42 Å². The van der Waals surface area contributed by atoms with Crippen molar-refractivity contribution >= 4 is 11.8 Å². The first-order chi connectivity index (χ1) is 10.4. The highest BCUT2D eigenvalue weighted by Crippen LogP contribution is 2.20. The number of carbonyl (C=O) groups is 1. The maximum absolute atomic E-state index is 11.6. The van der Waals surface area contributed by atoms with Crippen LogP contribution in [0.1, 0.15) is 45.6 Å². The SMILES string of the molecule is CC(C)(C)OC(=O)NCCc1ccc(N2CCCCC2)cc1. The van der Waals surface area contributed by atoms with Gasteiger partial charge in [0, 0.05) is 25.3 Å². The molecule has 1 N–H and O–H groups in total. The molecule has 1 saturated heterocycles. The third kappa shape index (κ3) is 5.58. The van der Waals surface area contributed by atoms with E-state index in [0.29, 0.717) is 6.54 Å². The maximum atomic E-state index is 11.6. The van der Waals surface area contributed by atoms with Crippen LogP contribution in [-0.4, -0.2) is 31.3 Å². The van der Waals surface area contributed by atoms with E-state index >= 15 is 0 Å². The van der Waals surface area contributed by atoms with Crippen LogP contribution in [0.25, 0.3) is 0 Å². The zero-order valence-corrected chi connectivity index (χ0v) is 14.0. The molecule has 22 heavy (non-hydrogen) atoms. The van der Waals surface area contributed by atoms with Crippen LogP contribution in [-0.2, 0) is 11.2 Å². The molecule has 1 fully saturated rings. The van der Waals surface area contributed by atoms with Gasteiger partial charge in [-0.15, -0.1) is 0 Å². The van der Waals surface area contributed by atoms with E-state index in [9.17, 15) is 4.79 Å². The Kier molecular flexibility index (Phi) is 5.69. The third-order valence-electron chi connectivity index (χ3n) is 3.74. The molecule has 0 unspecified atom stereocenters. The van der Waals surface area contributed by atoms with Crippen molar-refractivity contribution in [3.05, 3.63) is 29.8 Å². The van der Waals surface area contributed by atoms with Crippen molar-refractivity contribution in [2.24, 2.45) is 0 Å². The lowest BCUT2D eigenvalue weighted by atomic mass is 10.1. The lowest BCUT2D eigenvalue weighted by Gasteiger charge is -2.28. The monoisotopic (exact) mass is 304 g/mol. The largest absolute Gasteiger partial charge is 0.444 e. The number of alkyl carbamates (subject to hydrolysis) is 1. The predicted molar refractivity (Wildman–Crippen MR) is 90.4 cm³/mol. The van der Waals surface area contributed by atoms with Gasteiger partial charge in [0.05, 0.1) is 0 Å². The van der Waals surface area contributed by atoms with Crippen LogP contribution in [0.3, 0.4) is 0 Å². The fourth-order valence-corrected chi connectivity index (χ4v) is 2.65. The van der Waals surface area contributed by atoms with Crippen molar-refractivity contribution in [1.29, 1.82) is 0 Å². The second-order valence-corrected chi connectivity index (χ2v) is 6.89. The molecule has 122 valence electrons. The molecule has 1 aromatic carbocycles. The summed E-state index contributed by atoms with van der Waals surface area (Å²) < 4.78 is 5.22. The molecule has 0 saturated carbocycles. The van der Waals surface area contributed by atoms with E-state index in [-0.39, 0.29) is 6.09 Å². The normalized spacial score (nSPS) is 15.5. The van der Waals surface area contributed by atoms with Crippen molar-refractivity contribution in [1.82, 2.24) is 5.32 Å². The molecule has 1 heterocycles. The second kappa shape index (κ2) is 7.52. The van der Waals surface area contributed by atoms with Gasteiger partial charge in [0.2, 0.25) is 0 Å². The van der Waals surface area contributed by atoms with Gasteiger partial charge in [-0.2, -0.15) is 0 Å². The average molecular weight is 304 g/mol. The topological polar surface area (TPSA) is 41.6 Å². The van der Waals surface area contributed by atoms with E-state index in [1.54, 1.807) is 0 Å². The third-order valence-corrected chi connectivity index (χ3v) is 3.74. The van der Waals surface area contributed by atoms with Crippen LogP contribution in [0.2, 0.25) is 0 Å². The van der Waals surface area contributed by atoms with Gasteiger partial charge in [-0.3, -0.25) is 0 Å². The summed E-state index contributed by atoms with van der Waals surface area (Å²) in [6.07, 6.45) is 4.41. The van der Waals surface area contributed by atoms with Crippen molar-refractivity contribution in [2.45, 2.75) is 52.1 Å². The fourth-order valence-electron chi connectivity index (χ4n) is 2.65. The number of anilines is 1. The molecule has 0 aliphatic carbocycles. The smallest absolute Gasteiger partial charge is 0.407 e. The summed E-state index contributed by atoms with van der Waals surface area (Å²) in [5, 5.41) is 2.79. The minimum absolute atomic E-state index is 0.350. The van der Waals surface area contributed by atoms with Crippen molar-refractivity contribution in [3.63, 3.8) is 0 Å². The molecule has 0 aromatic heterocycles. The fraction of sp³-hybridized carbons (Fsp3) is 0.611. The van der Waals surface area contributed by atoms with E-state index in [1.807, 2.05) is 20.8 Å². The van der Waals surface area contributed by atoms with Gasteiger partial charge < -0.3 is 15.0 Å². The number of ether oxygens (including phenoxy) is 1. The first kappa shape index (κ1) is 16.7. The van der Waals surface area contributed by atoms with Crippen LogP contribution < -0.4 is 10.2 Å². The number of piperidine rings is 1. The van der Waals surface area contributed by atoms with Gasteiger partial charge in [-0.1, -0.05) is 12.1 Å². The Bertz CT molecular complexity index is 471. The van der Waals surface area contributed by atoms with Crippen molar-refractivity contribution in [2.75, 3.05) is 24.5 Å². The summed E-state index contributed by atoms with van der Waals surface area (Å²) in [6, 6.07) is 8.68. The highest BCUT2D eigenvalue weighted by molar-refractivity contribution is 5.67. The number of amides is 1. The number of hydrogen-bond acceptors (Lipinski definition) is 3. The summed E-state index contributed by atoms with van der Waals surface area (Å²) >= 11 is 0. The molecular formula is C18H28N2O2. The molecule has 2 rings (SSSR count). The molecule has 1 aromatic rings. The highest BCUT2D eigenvalue weighted by Gasteiger charge is 2.15. The molecule has 0 spiro atoms. The highest BCUT2D eigenvalue weighted by atomic mass is 16.6. The number of benzene rings is 1. The molecule has 1 aliphatic rings. The molecule has 4 heteroatoms. The van der Waals surface area contributed by atoms with Gasteiger partial charge in [0.15, 0.2) is 0 Å². The van der Waals surface area contributed by atoms with Crippen molar-refractivity contribution in [3.8, 4) is 0 Å². The summed E-state index contributed by atoms with van der Waals surface area (Å²) in [7, 11) is 0. The Morgan fingerprint density at radius 3 is 2.36 bits per heavy atom. The molecule has 4 nitrogen and oxygen atoms in total. The summed E-state index contributed by atoms with van der Waals surface area (Å²) in [4.78, 5) is 14.0. The Morgan fingerprint density at radius 1 is 1.14 bits per heavy atom. The predicted octanol–water partition coefficient (Wildman–Crippen LogP) is 3.74. The number of rotatable bonds is 4. The molecule has 0 bridgehead atoms. The Labute approximate surface area is 133 Å². The van der Waals surface area contributed by atoms with Gasteiger partial charge in [0.1, 0.15) is 5.60 Å². The van der Waals surface area contributed by atoms with Gasteiger partial charge in [0.25, 0.3) is 0 Å². The first-order valence-corrected chi connectivity index (χ1v) is 8.25. The summed E-state index contributed by atoms with van der Waals surface area (Å²) in [6.45, 7) is 8.53. The summed E-state index contributed by atoms with van der Waals surface area (Å²) in [5.41, 5.74) is 2.10. The minimum Gasteiger partial charge on any atom is -0.444 e. The van der Waals surface area contributed by atoms with Gasteiger partial charge in [-0.05, 0) is 64.2 Å². The van der Waals surface area contributed by atoms with Gasteiger partial charge >= 0.3 is 6.09 Å². The standard InChI is InChI=1S/C18H28N2O2/c1-18(2,3)22-17(21)19-12-11-15-7-9-16(10-8-15)20-13-5-4-6-14-20/h7-10H,4-6,11-14H2,1-3H3,(H,19,21). The quantitative estimate of drug-likeness (QED) is 0.921. The van der Waals surface area contributed by atoms with E-state index < -0.39 is 5.60 Å². The molecule has 1 aliphatic heterocycles. The van der Waals surface area contributed by atoms with Crippen LogP contribution in [0.4, 0.5) is 10.5 Å². The number of nitrogens with one attached hydrogen (secondary N) is 1. The average Bonchev–Trinajstić information content (AvgIpc) is 2.47. The number of hydrogen-bond donors (Lipinski definition) is 1. The zero-order chi connectivity index (χ0) is 16.0. The molecular weight excluding hydrogens is 276 g/mol. The lowest BCUT2D eigenvalue weighted by Crippen LogP contribution is -2.33. The molecule has 0 atom stereocenters. The minimum atomic E-state index is -0.444. The molecule has 0 radical (unpaired) electrons. The second-order valence-electron chi connectivity index (χ2n) is 6.89. The van der Waals surface area contributed by atoms with Crippen LogP contribution >= 0.6 is 0 Å². The van der Waals surface area contributed by atoms with Gasteiger partial charge in [-0.25, -0.2) is 4.79 Å². The maximum Gasteiger partial charge on any atom is 0.407 e. The van der Waals surface area contributed by atoms with E-state index in [1.165, 1.54) is 43.6 Å². The lowest BCUT2D eigenvalue weighted by molar-refractivity contribution is 0.0528. The van der Waals surface area contributed by atoms with E-state index in [4.69, 9.17) is 4.74 Å². The molecule has 1 amide bonds.